The standard InChI is InChI=1S/C33H30N4O2/c1-25-31(21-26-11-5-2-6-12-26)32(38)37-24-35(22-27-13-7-3-8-14-27)23-36(33(37)34-25)28-17-19-30(20-18-28)39-29-15-9-4-10-16-29/h2-20H,21-24H2,1H3. The van der Waals surface area contributed by atoms with E-state index in [1.807, 2.05) is 102 Å². The van der Waals surface area contributed by atoms with Crippen molar-refractivity contribution < 1.29 is 4.74 Å². The number of para-hydroxylation sites is 1. The first kappa shape index (κ1) is 24.6. The van der Waals surface area contributed by atoms with Crippen LogP contribution < -0.4 is 15.2 Å². The van der Waals surface area contributed by atoms with Gasteiger partial charge in [0.1, 0.15) is 11.5 Å². The highest BCUT2D eigenvalue weighted by atomic mass is 16.5. The summed E-state index contributed by atoms with van der Waals surface area (Å²) in [6.07, 6.45) is 0.559. The molecule has 0 fully saturated rings. The van der Waals surface area contributed by atoms with Crippen LogP contribution in [0.2, 0.25) is 0 Å². The molecule has 0 radical (unpaired) electrons. The predicted molar refractivity (Wildman–Crippen MR) is 154 cm³/mol. The van der Waals surface area contributed by atoms with Crippen molar-refractivity contribution in [3.8, 4) is 11.5 Å². The average Bonchev–Trinajstić information content (AvgIpc) is 2.97. The summed E-state index contributed by atoms with van der Waals surface area (Å²) < 4.78 is 7.81. The molecule has 6 rings (SSSR count). The minimum Gasteiger partial charge on any atom is -0.457 e. The third-order valence-electron chi connectivity index (χ3n) is 6.97. The monoisotopic (exact) mass is 514 g/mol. The number of aryl methyl sites for hydroxylation is 1. The third-order valence-corrected chi connectivity index (χ3v) is 6.97. The third kappa shape index (κ3) is 5.47. The van der Waals surface area contributed by atoms with Gasteiger partial charge in [-0.1, -0.05) is 78.9 Å². The van der Waals surface area contributed by atoms with Crippen LogP contribution in [-0.2, 0) is 19.6 Å². The Morgan fingerprint density at radius 2 is 1.31 bits per heavy atom. The summed E-state index contributed by atoms with van der Waals surface area (Å²) in [7, 11) is 0. The summed E-state index contributed by atoms with van der Waals surface area (Å²) in [6.45, 7) is 3.74. The minimum absolute atomic E-state index is 0.00754. The van der Waals surface area contributed by atoms with E-state index in [0.29, 0.717) is 25.7 Å². The molecule has 1 aliphatic rings. The Hall–Kier alpha value is -4.68. The molecule has 6 heteroatoms. The van der Waals surface area contributed by atoms with Crippen LogP contribution in [0.5, 0.6) is 11.5 Å². The highest BCUT2D eigenvalue weighted by molar-refractivity contribution is 5.60. The molecule has 39 heavy (non-hydrogen) atoms. The van der Waals surface area contributed by atoms with Gasteiger partial charge in [0, 0.05) is 24.2 Å². The molecule has 2 heterocycles. The zero-order chi connectivity index (χ0) is 26.6. The normalized spacial score (nSPS) is 13.2. The zero-order valence-electron chi connectivity index (χ0n) is 21.9. The van der Waals surface area contributed by atoms with Gasteiger partial charge in [-0.3, -0.25) is 19.2 Å². The molecule has 1 aliphatic heterocycles. The van der Waals surface area contributed by atoms with Crippen molar-refractivity contribution in [1.29, 1.82) is 0 Å². The zero-order valence-corrected chi connectivity index (χ0v) is 21.9. The fourth-order valence-corrected chi connectivity index (χ4v) is 4.99. The fraction of sp³-hybridized carbons (Fsp3) is 0.152. The summed E-state index contributed by atoms with van der Waals surface area (Å²) >= 11 is 0. The Kier molecular flexibility index (Phi) is 6.93. The SMILES string of the molecule is Cc1nc2n(c(=O)c1Cc1ccccc1)CN(Cc1ccccc1)CN2c1ccc(Oc2ccccc2)cc1. The molecule has 0 saturated heterocycles. The molecule has 0 spiro atoms. The number of aromatic nitrogens is 2. The van der Waals surface area contributed by atoms with Gasteiger partial charge in [-0.25, -0.2) is 4.98 Å². The molecule has 0 saturated carbocycles. The Balaban J connectivity index is 1.36. The fourth-order valence-electron chi connectivity index (χ4n) is 4.99. The second-order valence-corrected chi connectivity index (χ2v) is 9.81. The van der Waals surface area contributed by atoms with Crippen molar-refractivity contribution in [2.45, 2.75) is 26.6 Å². The van der Waals surface area contributed by atoms with Crippen LogP contribution in [0.15, 0.2) is 120 Å². The van der Waals surface area contributed by atoms with Crippen molar-refractivity contribution in [3.63, 3.8) is 0 Å². The highest BCUT2D eigenvalue weighted by Gasteiger charge is 2.28. The summed E-state index contributed by atoms with van der Waals surface area (Å²) in [5, 5.41) is 0. The van der Waals surface area contributed by atoms with Gasteiger partial charge in [-0.2, -0.15) is 0 Å². The van der Waals surface area contributed by atoms with E-state index in [1.165, 1.54) is 5.56 Å². The molecule has 0 unspecified atom stereocenters. The molecule has 1 aromatic heterocycles. The van der Waals surface area contributed by atoms with E-state index in [-0.39, 0.29) is 5.56 Å². The largest absolute Gasteiger partial charge is 0.457 e. The van der Waals surface area contributed by atoms with Gasteiger partial charge in [0.05, 0.1) is 19.0 Å². The molecule has 0 amide bonds. The summed E-state index contributed by atoms with van der Waals surface area (Å²) in [5.74, 6) is 2.20. The van der Waals surface area contributed by atoms with Gasteiger partial charge < -0.3 is 4.74 Å². The molecule has 194 valence electrons. The number of rotatable bonds is 7. The van der Waals surface area contributed by atoms with Crippen LogP contribution in [0.4, 0.5) is 11.6 Å². The lowest BCUT2D eigenvalue weighted by molar-refractivity contribution is 0.190. The van der Waals surface area contributed by atoms with E-state index in [0.717, 1.165) is 40.6 Å². The smallest absolute Gasteiger partial charge is 0.259 e. The first-order valence-electron chi connectivity index (χ1n) is 13.1. The maximum atomic E-state index is 13.9. The van der Waals surface area contributed by atoms with E-state index < -0.39 is 0 Å². The first-order valence-corrected chi connectivity index (χ1v) is 13.1. The van der Waals surface area contributed by atoms with Gasteiger partial charge >= 0.3 is 0 Å². The first-order chi connectivity index (χ1) is 19.1. The van der Waals surface area contributed by atoms with Crippen LogP contribution in [-0.4, -0.2) is 21.1 Å². The van der Waals surface area contributed by atoms with Crippen molar-refractivity contribution in [1.82, 2.24) is 14.5 Å². The van der Waals surface area contributed by atoms with Crippen LogP contribution in [0.3, 0.4) is 0 Å². The predicted octanol–water partition coefficient (Wildman–Crippen LogP) is 6.50. The molecule has 4 aromatic carbocycles. The molecule has 0 atom stereocenters. The number of benzene rings is 4. The number of anilines is 2. The average molecular weight is 515 g/mol. The Morgan fingerprint density at radius 3 is 1.97 bits per heavy atom. The minimum atomic E-state index is 0.00754. The van der Waals surface area contributed by atoms with E-state index >= 15 is 0 Å². The van der Waals surface area contributed by atoms with Crippen molar-refractivity contribution in [2.24, 2.45) is 0 Å². The summed E-state index contributed by atoms with van der Waals surface area (Å²) in [4.78, 5) is 23.3. The van der Waals surface area contributed by atoms with Crippen LogP contribution in [0.1, 0.15) is 22.4 Å². The van der Waals surface area contributed by atoms with E-state index in [1.54, 1.807) is 0 Å². The van der Waals surface area contributed by atoms with E-state index in [9.17, 15) is 4.79 Å². The number of ether oxygens (including phenoxy) is 1. The number of hydrogen-bond donors (Lipinski definition) is 0. The molecular formula is C33H30N4O2. The molecule has 5 aromatic rings. The Morgan fingerprint density at radius 1 is 0.718 bits per heavy atom. The van der Waals surface area contributed by atoms with E-state index in [2.05, 4.69) is 34.1 Å². The highest BCUT2D eigenvalue weighted by Crippen LogP contribution is 2.31. The quantitative estimate of drug-likeness (QED) is 0.248. The molecule has 0 N–H and O–H groups in total. The van der Waals surface area contributed by atoms with Gasteiger partial charge in [0.2, 0.25) is 5.95 Å². The number of fused-ring (bicyclic) bond motifs is 1. The van der Waals surface area contributed by atoms with Crippen LogP contribution >= 0.6 is 0 Å². The van der Waals surface area contributed by atoms with Crippen LogP contribution in [0.25, 0.3) is 0 Å². The van der Waals surface area contributed by atoms with Crippen molar-refractivity contribution in [3.05, 3.63) is 148 Å². The molecule has 6 nitrogen and oxygen atoms in total. The lowest BCUT2D eigenvalue weighted by Crippen LogP contribution is -2.47. The number of nitrogens with zero attached hydrogens (tertiary/aromatic N) is 4. The lowest BCUT2D eigenvalue weighted by Gasteiger charge is -2.38. The second-order valence-electron chi connectivity index (χ2n) is 9.81. The Bertz CT molecular complexity index is 1600. The molecule has 0 bridgehead atoms. The van der Waals surface area contributed by atoms with E-state index in [4.69, 9.17) is 9.72 Å². The maximum Gasteiger partial charge on any atom is 0.259 e. The van der Waals surface area contributed by atoms with Crippen LogP contribution in [0, 0.1) is 6.92 Å². The number of hydrogen-bond acceptors (Lipinski definition) is 5. The summed E-state index contributed by atoms with van der Waals surface area (Å²) in [6, 6.07) is 38.1. The van der Waals surface area contributed by atoms with Gasteiger partial charge in [-0.05, 0) is 54.4 Å². The Labute approximate surface area is 228 Å². The van der Waals surface area contributed by atoms with Crippen molar-refractivity contribution in [2.75, 3.05) is 11.6 Å². The van der Waals surface area contributed by atoms with Gasteiger partial charge in [0.25, 0.3) is 5.56 Å². The topological polar surface area (TPSA) is 50.6 Å². The molecular weight excluding hydrogens is 484 g/mol. The lowest BCUT2D eigenvalue weighted by atomic mass is 10.1. The van der Waals surface area contributed by atoms with Crippen molar-refractivity contribution >= 4 is 11.6 Å². The maximum absolute atomic E-state index is 13.9. The molecule has 0 aliphatic carbocycles. The van der Waals surface area contributed by atoms with Gasteiger partial charge in [0.15, 0.2) is 0 Å². The second kappa shape index (κ2) is 11.0. The summed E-state index contributed by atoms with van der Waals surface area (Å²) in [5.41, 5.74) is 4.75. The van der Waals surface area contributed by atoms with Gasteiger partial charge in [-0.15, -0.1) is 0 Å².